The fraction of sp³-hybridized carbons (Fsp3) is 0.533. The van der Waals surface area contributed by atoms with Gasteiger partial charge < -0.3 is 4.74 Å². The van der Waals surface area contributed by atoms with Crippen LogP contribution in [0.15, 0.2) is 22.7 Å². The normalized spacial score (nSPS) is 22.2. The third-order valence-electron chi connectivity index (χ3n) is 4.07. The largest absolute Gasteiger partial charge is 0.486 e. The third-order valence-corrected chi connectivity index (χ3v) is 4.56. The Bertz CT molecular complexity index is 473. The topological polar surface area (TPSA) is 26.3 Å². The summed E-state index contributed by atoms with van der Waals surface area (Å²) in [5, 5.41) is 0. The number of carbonyl (C=O) groups excluding carboxylic acids is 1. The van der Waals surface area contributed by atoms with Crippen LogP contribution in [0.4, 0.5) is 0 Å². The van der Waals surface area contributed by atoms with Gasteiger partial charge in [0.15, 0.2) is 5.78 Å². The average molecular weight is 309 g/mol. The van der Waals surface area contributed by atoms with Gasteiger partial charge in [-0.3, -0.25) is 4.79 Å². The molecule has 1 aliphatic heterocycles. The number of hydrogen-bond donors (Lipinski definition) is 0. The highest BCUT2D eigenvalue weighted by Gasteiger charge is 2.40. The van der Waals surface area contributed by atoms with E-state index in [1.54, 1.807) is 0 Å². The minimum absolute atomic E-state index is 0.221. The molecule has 3 rings (SSSR count). The van der Waals surface area contributed by atoms with Gasteiger partial charge in [0, 0.05) is 4.47 Å². The first-order valence-corrected chi connectivity index (χ1v) is 7.50. The molecule has 1 heterocycles. The molecule has 0 aromatic heterocycles. The van der Waals surface area contributed by atoms with Gasteiger partial charge >= 0.3 is 0 Å². The molecule has 0 N–H and O–H groups in total. The smallest absolute Gasteiger partial charge is 0.170 e. The van der Waals surface area contributed by atoms with Crippen LogP contribution in [-0.2, 0) is 0 Å². The van der Waals surface area contributed by atoms with Crippen molar-refractivity contribution >= 4 is 21.7 Å². The molecular weight excluding hydrogens is 292 g/mol. The minimum atomic E-state index is -0.221. The average Bonchev–Trinajstić information content (AvgIpc) is 2.54. The lowest BCUT2D eigenvalue weighted by molar-refractivity contribution is 0.0297. The second kappa shape index (κ2) is 4.69. The van der Waals surface area contributed by atoms with E-state index in [1.807, 2.05) is 18.2 Å². The number of ketones is 1. The van der Waals surface area contributed by atoms with Crippen molar-refractivity contribution in [3.8, 4) is 5.75 Å². The molecule has 1 spiro atoms. The van der Waals surface area contributed by atoms with E-state index >= 15 is 0 Å². The number of fused-ring (bicyclic) bond motifs is 1. The van der Waals surface area contributed by atoms with Crippen molar-refractivity contribution in [1.29, 1.82) is 0 Å². The zero-order valence-electron chi connectivity index (χ0n) is 10.4. The number of rotatable bonds is 0. The first kappa shape index (κ1) is 12.2. The Morgan fingerprint density at radius 2 is 1.83 bits per heavy atom. The lowest BCUT2D eigenvalue weighted by Gasteiger charge is -2.37. The van der Waals surface area contributed by atoms with Crippen molar-refractivity contribution in [2.45, 2.75) is 50.5 Å². The summed E-state index contributed by atoms with van der Waals surface area (Å²) >= 11 is 3.45. The van der Waals surface area contributed by atoms with Crippen molar-refractivity contribution < 1.29 is 9.53 Å². The summed E-state index contributed by atoms with van der Waals surface area (Å²) < 4.78 is 7.21. The predicted octanol–water partition coefficient (Wildman–Crippen LogP) is 4.51. The fourth-order valence-electron chi connectivity index (χ4n) is 3.12. The number of carbonyl (C=O) groups is 1. The third kappa shape index (κ3) is 2.20. The van der Waals surface area contributed by atoms with Gasteiger partial charge in [-0.1, -0.05) is 28.8 Å². The summed E-state index contributed by atoms with van der Waals surface area (Å²) in [5.74, 6) is 1.01. The maximum atomic E-state index is 12.3. The zero-order valence-corrected chi connectivity index (χ0v) is 12.0. The summed E-state index contributed by atoms with van der Waals surface area (Å²) in [6.07, 6.45) is 7.49. The summed E-state index contributed by atoms with van der Waals surface area (Å²) in [5.41, 5.74) is 0.523. The molecule has 0 bridgehead atoms. The van der Waals surface area contributed by atoms with E-state index in [4.69, 9.17) is 4.74 Å². The van der Waals surface area contributed by atoms with Gasteiger partial charge in [-0.2, -0.15) is 0 Å². The molecule has 1 aromatic rings. The first-order valence-electron chi connectivity index (χ1n) is 6.70. The summed E-state index contributed by atoms with van der Waals surface area (Å²) in [6, 6.07) is 5.70. The van der Waals surface area contributed by atoms with E-state index in [-0.39, 0.29) is 11.4 Å². The zero-order chi connectivity index (χ0) is 12.6. The highest BCUT2D eigenvalue weighted by Crippen LogP contribution is 2.41. The van der Waals surface area contributed by atoms with E-state index in [0.717, 1.165) is 28.6 Å². The lowest BCUT2D eigenvalue weighted by atomic mass is 9.84. The Balaban J connectivity index is 1.96. The van der Waals surface area contributed by atoms with Crippen molar-refractivity contribution in [3.63, 3.8) is 0 Å². The van der Waals surface area contributed by atoms with E-state index in [2.05, 4.69) is 15.9 Å². The molecule has 1 aromatic carbocycles. The van der Waals surface area contributed by atoms with E-state index in [9.17, 15) is 4.79 Å². The van der Waals surface area contributed by atoms with Gasteiger partial charge in [-0.25, -0.2) is 0 Å². The van der Waals surface area contributed by atoms with Crippen LogP contribution in [0.25, 0.3) is 0 Å². The number of halogens is 1. The van der Waals surface area contributed by atoms with Crippen LogP contribution < -0.4 is 4.74 Å². The number of benzene rings is 1. The highest BCUT2D eigenvalue weighted by molar-refractivity contribution is 9.10. The van der Waals surface area contributed by atoms with Gasteiger partial charge in [0.05, 0.1) is 12.0 Å². The molecule has 96 valence electrons. The van der Waals surface area contributed by atoms with Crippen LogP contribution in [0.2, 0.25) is 0 Å². The molecule has 1 fully saturated rings. The Morgan fingerprint density at radius 1 is 1.11 bits per heavy atom. The van der Waals surface area contributed by atoms with Gasteiger partial charge in [-0.15, -0.1) is 0 Å². The molecule has 1 aliphatic carbocycles. The van der Waals surface area contributed by atoms with Gasteiger partial charge in [0.1, 0.15) is 11.4 Å². The monoisotopic (exact) mass is 308 g/mol. The van der Waals surface area contributed by atoms with Crippen LogP contribution in [0, 0.1) is 0 Å². The molecule has 0 amide bonds. The standard InChI is InChI=1S/C15H17BrO2/c16-11-5-6-12-13(17)10-15(18-14(12)9-11)7-3-1-2-4-8-15/h5-6,9H,1-4,7-8,10H2. The minimum Gasteiger partial charge on any atom is -0.486 e. The van der Waals surface area contributed by atoms with Crippen LogP contribution in [0.3, 0.4) is 0 Å². The fourth-order valence-corrected chi connectivity index (χ4v) is 3.46. The Kier molecular flexibility index (Phi) is 3.18. The van der Waals surface area contributed by atoms with Crippen molar-refractivity contribution in [3.05, 3.63) is 28.2 Å². The molecule has 0 unspecified atom stereocenters. The molecule has 2 nitrogen and oxygen atoms in total. The van der Waals surface area contributed by atoms with Crippen LogP contribution in [0.1, 0.15) is 55.3 Å². The molecule has 3 heteroatoms. The van der Waals surface area contributed by atoms with Gasteiger partial charge in [-0.05, 0) is 43.9 Å². The first-order chi connectivity index (χ1) is 8.69. The lowest BCUT2D eigenvalue weighted by Crippen LogP contribution is -2.41. The van der Waals surface area contributed by atoms with Crippen LogP contribution in [0.5, 0.6) is 5.75 Å². The maximum absolute atomic E-state index is 12.3. The van der Waals surface area contributed by atoms with Gasteiger partial charge in [0.25, 0.3) is 0 Å². The molecule has 0 radical (unpaired) electrons. The Labute approximate surface area is 116 Å². The van der Waals surface area contributed by atoms with Crippen molar-refractivity contribution in [2.75, 3.05) is 0 Å². The molecule has 0 saturated heterocycles. The molecule has 0 atom stereocenters. The van der Waals surface area contributed by atoms with Crippen LogP contribution >= 0.6 is 15.9 Å². The van der Waals surface area contributed by atoms with Crippen molar-refractivity contribution in [1.82, 2.24) is 0 Å². The van der Waals surface area contributed by atoms with Gasteiger partial charge in [0.2, 0.25) is 0 Å². The maximum Gasteiger partial charge on any atom is 0.170 e. The molecule has 2 aliphatic rings. The summed E-state index contributed by atoms with van der Waals surface area (Å²) in [4.78, 5) is 12.3. The van der Waals surface area contributed by atoms with Crippen molar-refractivity contribution in [2.24, 2.45) is 0 Å². The quantitative estimate of drug-likeness (QED) is 0.705. The Morgan fingerprint density at radius 3 is 2.56 bits per heavy atom. The van der Waals surface area contributed by atoms with Crippen LogP contribution in [-0.4, -0.2) is 11.4 Å². The number of Topliss-reactive ketones (excluding diaryl/α,β-unsaturated/α-hetero) is 1. The second-order valence-corrected chi connectivity index (χ2v) is 6.36. The second-order valence-electron chi connectivity index (χ2n) is 5.44. The molecular formula is C15H17BrO2. The summed E-state index contributed by atoms with van der Waals surface area (Å²) in [6.45, 7) is 0. The Hall–Kier alpha value is -0.830. The molecule has 1 saturated carbocycles. The molecule has 18 heavy (non-hydrogen) atoms. The number of hydrogen-bond acceptors (Lipinski definition) is 2. The highest BCUT2D eigenvalue weighted by atomic mass is 79.9. The van der Waals surface area contributed by atoms with E-state index in [0.29, 0.717) is 6.42 Å². The van der Waals surface area contributed by atoms with E-state index in [1.165, 1.54) is 25.7 Å². The number of ether oxygens (including phenoxy) is 1. The summed E-state index contributed by atoms with van der Waals surface area (Å²) in [7, 11) is 0. The SMILES string of the molecule is O=C1CC2(CCCCCC2)Oc2cc(Br)ccc21. The van der Waals surface area contributed by atoms with E-state index < -0.39 is 0 Å². The predicted molar refractivity (Wildman–Crippen MR) is 74.2 cm³/mol.